The Kier molecular flexibility index (Phi) is 33.4. The maximum atomic E-state index is 12.6. The first kappa shape index (κ1) is 110. The molecule has 12 aromatic carbocycles. The normalized spacial score (nSPS) is 15.1. The largest absolute Gasteiger partial charge is 0.834 e. The van der Waals surface area contributed by atoms with E-state index in [1.807, 2.05) is 84.3 Å². The summed E-state index contributed by atoms with van der Waals surface area (Å²) in [5, 5.41) is 10.1. The quantitative estimate of drug-likeness (QED) is 0.0189. The molecule has 1 saturated heterocycles. The van der Waals surface area contributed by atoms with E-state index in [-0.39, 0.29) is 136 Å². The number of nitrogens with zero attached hydrogens (tertiary/aromatic N) is 5. The van der Waals surface area contributed by atoms with Gasteiger partial charge >= 0.3 is 9.33 Å². The summed E-state index contributed by atoms with van der Waals surface area (Å²) in [6.45, 7) is 3.14. The first-order valence-electron chi connectivity index (χ1n) is 40.9. The molecule has 0 bridgehead atoms. The summed E-state index contributed by atoms with van der Waals surface area (Å²) in [6, 6.07) is 52.9. The van der Waals surface area contributed by atoms with Crippen LogP contribution in [-0.2, 0) is 100 Å². The highest BCUT2D eigenvalue weighted by molar-refractivity contribution is 8.19. The molecule has 7 aliphatic rings. The molecular formula is C85H75Cl5N6O34S11-4. The highest BCUT2D eigenvalue weighted by atomic mass is 35.7. The van der Waals surface area contributed by atoms with Crippen LogP contribution in [0.4, 0.5) is 34.1 Å². The van der Waals surface area contributed by atoms with E-state index in [4.69, 9.17) is 64.8 Å². The Hall–Kier alpha value is -9.84. The molecule has 0 spiro atoms. The maximum absolute atomic E-state index is 12.6. The van der Waals surface area contributed by atoms with Gasteiger partial charge in [-0.15, -0.1) is 0 Å². The Morgan fingerprint density at radius 2 is 0.702 bits per heavy atom. The lowest BCUT2D eigenvalue weighted by molar-refractivity contribution is -0.436. The molecule has 754 valence electrons. The summed E-state index contributed by atoms with van der Waals surface area (Å²) >= 11 is 0. The number of rotatable bonds is 24. The van der Waals surface area contributed by atoms with E-state index in [0.717, 1.165) is 61.5 Å². The second-order valence-electron chi connectivity index (χ2n) is 31.4. The zero-order valence-electron chi connectivity index (χ0n) is 72.3. The van der Waals surface area contributed by atoms with Crippen molar-refractivity contribution in [1.29, 1.82) is 0 Å². The van der Waals surface area contributed by atoms with Crippen LogP contribution < -0.4 is 24.9 Å². The van der Waals surface area contributed by atoms with Crippen molar-refractivity contribution in [1.82, 2.24) is 0 Å². The van der Waals surface area contributed by atoms with Gasteiger partial charge in [-0.3, -0.25) is 41.8 Å². The van der Waals surface area contributed by atoms with Gasteiger partial charge in [-0.05, 0) is 134 Å². The SMILES string of the molecule is CC1=[N+](CCCS(=O)(=O)O)c2ccc(S(=O)(=O)[O-])c3cccc1c23.O=C1Nc2cccc3cccc1c23.O=C1c2cccc3c(S(=O)(=O)Cl)ccc(c23)N1CCCS(=O)(=O)Cl.O=C1c2cccc3c(S(=O)(=O)Cl)ccc(c23)N1CCCS(=O)(=O)Cl.O=C1c2cccc3c(S(=O)(=O)[O-])ccc(c23)N1CCCS([O-])([O-])[O-].O=C1c2cccc3cccc(c23)N1CCCS(=O)(=O)O.O=S(=O)(O)Cl.O=S1(=O)CCCO1. The monoisotopic (exact) mass is 2250 g/mol. The van der Waals surface area contributed by atoms with Gasteiger partial charge < -0.3 is 58.6 Å². The van der Waals surface area contributed by atoms with Crippen molar-refractivity contribution in [3.63, 3.8) is 0 Å². The summed E-state index contributed by atoms with van der Waals surface area (Å²) in [6.07, 6.45) is 1.37. The molecule has 40 nitrogen and oxygen atoms in total. The Labute approximate surface area is 831 Å². The van der Waals surface area contributed by atoms with Gasteiger partial charge in [-0.25, -0.2) is 50.5 Å². The summed E-state index contributed by atoms with van der Waals surface area (Å²) < 4.78 is 304. The molecule has 5 amide bonds. The zero-order chi connectivity index (χ0) is 104. The smallest absolute Gasteiger partial charge is 0.353 e. The van der Waals surface area contributed by atoms with Gasteiger partial charge in [0.2, 0.25) is 23.8 Å². The predicted octanol–water partition coefficient (Wildman–Crippen LogP) is 12.4. The minimum Gasteiger partial charge on any atom is -0.834 e. The van der Waals surface area contributed by atoms with Crippen molar-refractivity contribution < 1.29 is 153 Å². The van der Waals surface area contributed by atoms with Crippen molar-refractivity contribution in [3.8, 4) is 0 Å². The molecule has 141 heavy (non-hydrogen) atoms. The number of carbonyl (C=O) groups excluding carboxylic acids is 5. The molecule has 0 saturated carbocycles. The number of hydrogen-bond donors (Lipinski definition) is 4. The fraction of sp³-hybridized carbons (Fsp3) is 0.224. The van der Waals surface area contributed by atoms with E-state index in [9.17, 15) is 122 Å². The van der Waals surface area contributed by atoms with Crippen LogP contribution in [0, 0.1) is 0 Å². The van der Waals surface area contributed by atoms with Crippen LogP contribution in [0.5, 0.6) is 0 Å². The van der Waals surface area contributed by atoms with Gasteiger partial charge in [0.1, 0.15) is 26.8 Å². The molecule has 7 aliphatic heterocycles. The molecular weight excluding hydrogens is 2180 g/mol. The summed E-state index contributed by atoms with van der Waals surface area (Å²) in [7, 11) is -18.8. The van der Waals surface area contributed by atoms with Crippen LogP contribution in [-0.4, -0.2) is 234 Å². The molecule has 0 atom stereocenters. The van der Waals surface area contributed by atoms with Crippen LogP contribution >= 0.6 is 64.3 Å². The molecule has 0 aromatic heterocycles. The van der Waals surface area contributed by atoms with Gasteiger partial charge in [0.15, 0.2) is 5.71 Å². The molecule has 0 radical (unpaired) electrons. The first-order chi connectivity index (χ1) is 65.4. The lowest BCUT2D eigenvalue weighted by Gasteiger charge is -2.64. The van der Waals surface area contributed by atoms with Crippen molar-refractivity contribution in [2.24, 2.45) is 0 Å². The minimum absolute atomic E-state index is 0.00630. The standard InChI is InChI=1S/C15H15NO6S2.2C14H11Cl2NO5S2.C14H15NO7S2.C14H13NO4S.C11H7NO.C3H6O3S.ClHO3S/c1-10-11-4-2-5-12-14(24(20,21)22)7-6-13(15(11)12)16(10)8-3-9-23(17,18)19;2*15-23(19,20)8-2-7-17-11-5-6-12(24(16,21)22)9-3-1-4-10(13(9)11)14(17)18;16-14-10-4-1-3-9-12(24(20,21)22)6-5-11(13(9)10)15(14)7-2-8-23(17,18)19;16-14-11-6-1-4-10-5-2-7-12(13(10)11)15(14)8-3-9-20(17,18)19;13-11-8-5-1-3-7-4-2-6-9(12-11)10(7)8;4-7(5)3-1-2-6-7;1-5(2,3)4/h2,4-7H,3,8-9H2,1H3,(H-,17,18,19,20,21,22);2*1,3-6H,2,7-8H2;1,3-6,17-19H,2,7-8H2,(H,20,21,22);1-2,4-7H,3,8-9H2,(H,17,18,19);1-6H,(H,12,13);1-3H2;(H,2,3,4)/p-4. The number of anilines is 5. The maximum Gasteiger partial charge on any atom is 0.353 e. The van der Waals surface area contributed by atoms with Gasteiger partial charge in [0.05, 0.1) is 88.7 Å². The third kappa shape index (κ3) is 26.9. The van der Waals surface area contributed by atoms with Crippen LogP contribution in [0.25, 0.3) is 64.6 Å². The number of amides is 5. The molecule has 0 unspecified atom stereocenters. The van der Waals surface area contributed by atoms with Gasteiger partial charge in [-0.1, -0.05) is 103 Å². The van der Waals surface area contributed by atoms with Gasteiger partial charge in [-0.2, -0.15) is 38.2 Å². The van der Waals surface area contributed by atoms with E-state index in [0.29, 0.717) is 91.0 Å². The molecule has 1 fully saturated rings. The minimum atomic E-state index is -4.71. The summed E-state index contributed by atoms with van der Waals surface area (Å²) in [4.78, 5) is 66.2. The van der Waals surface area contributed by atoms with Crippen LogP contribution in [0.3, 0.4) is 0 Å². The van der Waals surface area contributed by atoms with E-state index in [2.05, 4.69) is 20.2 Å². The molecule has 4 N–H and O–H groups in total. The van der Waals surface area contributed by atoms with E-state index >= 15 is 0 Å². The Morgan fingerprint density at radius 1 is 0.376 bits per heavy atom. The number of halogens is 5. The van der Waals surface area contributed by atoms with E-state index in [1.165, 1.54) is 69.3 Å². The Morgan fingerprint density at radius 3 is 1.07 bits per heavy atom. The van der Waals surface area contributed by atoms with E-state index in [1.54, 1.807) is 65.6 Å². The second-order valence-corrected chi connectivity index (χ2v) is 53.4. The Balaban J connectivity index is 0.000000148. The number of nitrogens with one attached hydrogen (secondary N) is 1. The fourth-order valence-corrected chi connectivity index (χ4v) is 24.1. The molecule has 19 rings (SSSR count). The van der Waals surface area contributed by atoms with Crippen molar-refractivity contribution >= 4 is 294 Å². The first-order valence-corrected chi connectivity index (χ1v) is 62.0. The topological polar surface area (TPSA) is 640 Å². The molecule has 56 heteroatoms. The third-order valence-electron chi connectivity index (χ3n) is 22.1. The predicted molar refractivity (Wildman–Crippen MR) is 527 cm³/mol. The third-order valence-corrected chi connectivity index (χ3v) is 32.8. The average molecular weight is 2250 g/mol. The molecule has 12 aromatic rings. The van der Waals surface area contributed by atoms with Crippen LogP contribution in [0.2, 0.25) is 0 Å². The fourth-order valence-electron chi connectivity index (χ4n) is 16.6. The number of carbonyl (C=O) groups is 5. The van der Waals surface area contributed by atoms with Crippen molar-refractivity contribution in [3.05, 3.63) is 228 Å². The van der Waals surface area contributed by atoms with Crippen LogP contribution in [0.1, 0.15) is 103 Å². The second kappa shape index (κ2) is 42.8. The van der Waals surface area contributed by atoms with Gasteiger partial charge in [0, 0.05) is 181 Å². The van der Waals surface area contributed by atoms with Crippen LogP contribution in [0.15, 0.2) is 214 Å². The molecule has 7 heterocycles. The highest BCUT2D eigenvalue weighted by Crippen LogP contribution is 2.47. The zero-order valence-corrected chi connectivity index (χ0v) is 85.1. The van der Waals surface area contributed by atoms with Crippen molar-refractivity contribution in [2.45, 2.75) is 65.0 Å². The van der Waals surface area contributed by atoms with Gasteiger partial charge in [0.25, 0.3) is 78.0 Å². The summed E-state index contributed by atoms with van der Waals surface area (Å²) in [5.74, 6) is -2.79. The van der Waals surface area contributed by atoms with Crippen molar-refractivity contribution in [2.75, 3.05) is 98.8 Å². The number of benzene rings is 12. The average Bonchev–Trinajstić information content (AvgIpc) is 1.60. The Bertz CT molecular complexity index is 8280. The van der Waals surface area contributed by atoms with E-state index < -0.39 is 124 Å². The molecule has 0 aliphatic carbocycles. The number of hydrogen-bond acceptors (Lipinski definition) is 31. The lowest BCUT2D eigenvalue weighted by Crippen LogP contribution is -2.29. The lowest BCUT2D eigenvalue weighted by atomic mass is 10.0. The summed E-state index contributed by atoms with van der Waals surface area (Å²) in [5.41, 5.74) is 7.93. The highest BCUT2D eigenvalue weighted by Gasteiger charge is 2.38.